The second-order valence-corrected chi connectivity index (χ2v) is 13.9. The first-order chi connectivity index (χ1) is 26.9. The summed E-state index contributed by atoms with van der Waals surface area (Å²) in [5.74, 6) is 0. The van der Waals surface area contributed by atoms with E-state index < -0.39 is 187 Å². The molecule has 0 bridgehead atoms. The van der Waals surface area contributed by atoms with Crippen molar-refractivity contribution in [3.8, 4) is 0 Å². The standard InChI is InChI=1S/C18H32O16.C12H22O11/c19-1-4-7(22)8(23)12(27)17(31-4)34-15-6(3-21)32-18(13(28)10(15)25)33-14-5(2-20)30-16(29)11(26)9(14)24;13-1-3-5(15)6(16)9(19)12(22-3)23-10-4(2-14)21-11(20)8(18)7(10)17/h4-29H,1-3H2;3-20H,1-2H2/t4-,5-,6-,7+,8+,9-,10-,11-,12-,13-,14-,15+,16-,17-,18+;3-,4-,5+,6+,7-,8-,9-,10-,11-,12+/m11/s1. The van der Waals surface area contributed by atoms with Crippen LogP contribution in [0.2, 0.25) is 0 Å². The van der Waals surface area contributed by atoms with E-state index in [-0.39, 0.29) is 0 Å². The Hall–Kier alpha value is -1.08. The average molecular weight is 847 g/mol. The smallest absolute Gasteiger partial charge is 0.187 e. The number of hydrogen-bond donors (Lipinski definition) is 19. The van der Waals surface area contributed by atoms with Crippen molar-refractivity contribution in [2.75, 3.05) is 33.0 Å². The van der Waals surface area contributed by atoms with Gasteiger partial charge in [-0.1, -0.05) is 0 Å². The predicted octanol–water partition coefficient (Wildman–Crippen LogP) is -13.0. The Kier molecular flexibility index (Phi) is 18.0. The zero-order valence-corrected chi connectivity index (χ0v) is 29.7. The van der Waals surface area contributed by atoms with E-state index in [9.17, 15) is 91.9 Å². The quantitative estimate of drug-likeness (QED) is 0.0918. The SMILES string of the molecule is OC[C@H]1O[C@@H](O[C@H]2[C@H](O)[C@@H](O)[C@H](O)O[C@@H]2CO)[C@H](O)[C@@H](O)[C@H]1O.OC[C@H]1O[C@H](O[C@@H]2[C@H](O)[C@@H](O)[C@H](O[C@H]3[C@H](O)[C@@H](O)[C@H](O)O[C@@H]3CO)O[C@@H]2CO)[C@H](O)[C@@H](O)[C@H]1O. The lowest BCUT2D eigenvalue weighted by molar-refractivity contribution is -0.377. The van der Waals surface area contributed by atoms with Gasteiger partial charge < -0.3 is 135 Å². The minimum absolute atomic E-state index is 0.667. The highest BCUT2D eigenvalue weighted by molar-refractivity contribution is 4.97. The molecule has 0 aromatic heterocycles. The van der Waals surface area contributed by atoms with Crippen molar-refractivity contribution in [2.24, 2.45) is 0 Å². The lowest BCUT2D eigenvalue weighted by Crippen LogP contribution is -2.66. The van der Waals surface area contributed by atoms with Crippen LogP contribution in [0.1, 0.15) is 0 Å². The Bertz CT molecular complexity index is 1180. The molecule has 0 saturated carbocycles. The Balaban J connectivity index is 0.000000273. The largest absolute Gasteiger partial charge is 0.394 e. The molecule has 27 nitrogen and oxygen atoms in total. The third-order valence-corrected chi connectivity index (χ3v) is 10.1. The van der Waals surface area contributed by atoms with Gasteiger partial charge in [-0.05, 0) is 0 Å². The van der Waals surface area contributed by atoms with E-state index >= 15 is 0 Å². The molecular weight excluding hydrogens is 792 g/mol. The normalized spacial score (nSPS) is 52.2. The first-order valence-electron chi connectivity index (χ1n) is 17.7. The molecule has 0 unspecified atom stereocenters. The lowest BCUT2D eigenvalue weighted by Gasteiger charge is -2.47. The van der Waals surface area contributed by atoms with Crippen molar-refractivity contribution in [3.05, 3.63) is 0 Å². The molecule has 27 heteroatoms. The van der Waals surface area contributed by atoms with Gasteiger partial charge >= 0.3 is 0 Å². The van der Waals surface area contributed by atoms with Gasteiger partial charge in [0.2, 0.25) is 0 Å². The molecule has 5 heterocycles. The van der Waals surface area contributed by atoms with Gasteiger partial charge in [0, 0.05) is 0 Å². The van der Waals surface area contributed by atoms with Crippen molar-refractivity contribution in [1.29, 1.82) is 0 Å². The number of aliphatic hydroxyl groups is 19. The summed E-state index contributed by atoms with van der Waals surface area (Å²) in [5, 5.41) is 186. The highest BCUT2D eigenvalue weighted by Crippen LogP contribution is 2.33. The van der Waals surface area contributed by atoms with Crippen LogP contribution in [0, 0.1) is 0 Å². The van der Waals surface area contributed by atoms with Crippen LogP contribution < -0.4 is 0 Å². The number of aliphatic hydroxyl groups excluding tert-OH is 19. The molecule has 0 aromatic rings. The van der Waals surface area contributed by atoms with E-state index in [1.54, 1.807) is 0 Å². The van der Waals surface area contributed by atoms with E-state index in [0.29, 0.717) is 0 Å². The van der Waals surface area contributed by atoms with E-state index in [1.165, 1.54) is 0 Å². The van der Waals surface area contributed by atoms with Crippen molar-refractivity contribution in [3.63, 3.8) is 0 Å². The Morgan fingerprint density at radius 2 is 0.509 bits per heavy atom. The van der Waals surface area contributed by atoms with E-state index in [0.717, 1.165) is 0 Å². The molecule has 5 aliphatic heterocycles. The molecule has 5 fully saturated rings. The van der Waals surface area contributed by atoms with Crippen LogP contribution in [0.15, 0.2) is 0 Å². The van der Waals surface area contributed by atoms with Crippen LogP contribution in [0.3, 0.4) is 0 Å². The first kappa shape index (κ1) is 48.6. The summed E-state index contributed by atoms with van der Waals surface area (Å²) in [6.45, 7) is -3.67. The second-order valence-electron chi connectivity index (χ2n) is 13.9. The maximum absolute atomic E-state index is 10.6. The number of ether oxygens (including phenoxy) is 8. The van der Waals surface area contributed by atoms with Gasteiger partial charge in [-0.3, -0.25) is 0 Å². The maximum Gasteiger partial charge on any atom is 0.187 e. The molecular formula is C30H54O27. The summed E-state index contributed by atoms with van der Waals surface area (Å²) in [5.41, 5.74) is 0. The highest BCUT2D eigenvalue weighted by Gasteiger charge is 2.54. The van der Waals surface area contributed by atoms with Gasteiger partial charge in [0.25, 0.3) is 0 Å². The number of hydrogen-bond acceptors (Lipinski definition) is 27. The Morgan fingerprint density at radius 1 is 0.263 bits per heavy atom. The molecule has 0 radical (unpaired) electrons. The molecule has 5 saturated heterocycles. The van der Waals surface area contributed by atoms with Gasteiger partial charge in [-0.25, -0.2) is 0 Å². The summed E-state index contributed by atoms with van der Waals surface area (Å²) in [7, 11) is 0. The van der Waals surface area contributed by atoms with Crippen LogP contribution in [0.5, 0.6) is 0 Å². The molecule has 25 atom stereocenters. The van der Waals surface area contributed by atoms with Crippen LogP contribution >= 0.6 is 0 Å². The van der Waals surface area contributed by atoms with Crippen molar-refractivity contribution in [2.45, 2.75) is 154 Å². The van der Waals surface area contributed by atoms with E-state index in [1.807, 2.05) is 0 Å². The summed E-state index contributed by atoms with van der Waals surface area (Å²) in [6.07, 6.45) is -40.7. The third-order valence-electron chi connectivity index (χ3n) is 10.1. The molecule has 19 N–H and O–H groups in total. The van der Waals surface area contributed by atoms with Gasteiger partial charge in [-0.15, -0.1) is 0 Å². The Labute approximate surface area is 321 Å². The fourth-order valence-electron chi connectivity index (χ4n) is 6.63. The average Bonchev–Trinajstić information content (AvgIpc) is 3.20. The molecule has 0 aliphatic carbocycles. The van der Waals surface area contributed by atoms with E-state index in [4.69, 9.17) is 43.0 Å². The summed E-state index contributed by atoms with van der Waals surface area (Å²) < 4.78 is 41.7. The van der Waals surface area contributed by atoms with Gasteiger partial charge in [-0.2, -0.15) is 0 Å². The predicted molar refractivity (Wildman–Crippen MR) is 170 cm³/mol. The molecule has 0 spiro atoms. The Morgan fingerprint density at radius 3 is 0.807 bits per heavy atom. The molecule has 5 rings (SSSR count). The van der Waals surface area contributed by atoms with Crippen LogP contribution in [0.4, 0.5) is 0 Å². The number of rotatable bonds is 11. The molecule has 57 heavy (non-hydrogen) atoms. The fourth-order valence-corrected chi connectivity index (χ4v) is 6.63. The van der Waals surface area contributed by atoms with Gasteiger partial charge in [0.05, 0.1) is 33.0 Å². The minimum Gasteiger partial charge on any atom is -0.394 e. The monoisotopic (exact) mass is 846 g/mol. The minimum atomic E-state index is -1.91. The van der Waals surface area contributed by atoms with E-state index in [2.05, 4.69) is 0 Å². The molecule has 0 amide bonds. The summed E-state index contributed by atoms with van der Waals surface area (Å²) in [6, 6.07) is 0. The van der Waals surface area contributed by atoms with Crippen molar-refractivity contribution in [1.82, 2.24) is 0 Å². The summed E-state index contributed by atoms with van der Waals surface area (Å²) >= 11 is 0. The molecule has 0 aromatic carbocycles. The van der Waals surface area contributed by atoms with Crippen molar-refractivity contribution >= 4 is 0 Å². The van der Waals surface area contributed by atoms with Crippen LogP contribution in [-0.2, 0) is 37.9 Å². The zero-order chi connectivity index (χ0) is 42.6. The van der Waals surface area contributed by atoms with Crippen LogP contribution in [-0.4, -0.2) is 284 Å². The second kappa shape index (κ2) is 21.1. The molecule has 5 aliphatic rings. The maximum atomic E-state index is 10.6. The summed E-state index contributed by atoms with van der Waals surface area (Å²) in [4.78, 5) is 0. The third kappa shape index (κ3) is 10.5. The molecule has 336 valence electrons. The van der Waals surface area contributed by atoms with Crippen LogP contribution in [0.25, 0.3) is 0 Å². The fraction of sp³-hybridized carbons (Fsp3) is 1.00. The van der Waals surface area contributed by atoms with Gasteiger partial charge in [0.15, 0.2) is 31.5 Å². The first-order valence-corrected chi connectivity index (χ1v) is 17.7. The lowest BCUT2D eigenvalue weighted by atomic mass is 9.96. The topological polar surface area (TPSA) is 458 Å². The van der Waals surface area contributed by atoms with Gasteiger partial charge in [0.1, 0.15) is 122 Å². The van der Waals surface area contributed by atoms with Crippen molar-refractivity contribution < 1.29 is 135 Å². The highest BCUT2D eigenvalue weighted by atomic mass is 16.8. The zero-order valence-electron chi connectivity index (χ0n) is 29.7.